The number of likely N-dealkylation sites (tertiary alicyclic amines) is 1. The highest BCUT2D eigenvalue weighted by atomic mass is 16.5. The standard InChI is InChI=1S/C11H20N2O3/c1-16-10-7-13(6-9(10)14)11(15)8-2-4-12-5-3-8/h8-10,12,14H,2-7H2,1H3/t9-,10+/m0/s1. The topological polar surface area (TPSA) is 61.8 Å². The first-order valence-corrected chi connectivity index (χ1v) is 5.92. The molecule has 0 bridgehead atoms. The summed E-state index contributed by atoms with van der Waals surface area (Å²) in [4.78, 5) is 13.9. The molecule has 0 aromatic carbocycles. The summed E-state index contributed by atoms with van der Waals surface area (Å²) >= 11 is 0. The Morgan fingerprint density at radius 2 is 2.06 bits per heavy atom. The second-order valence-corrected chi connectivity index (χ2v) is 4.61. The predicted octanol–water partition coefficient (Wildman–Crippen LogP) is -0.796. The van der Waals surface area contributed by atoms with E-state index in [1.807, 2.05) is 0 Å². The minimum Gasteiger partial charge on any atom is -0.388 e. The van der Waals surface area contributed by atoms with Gasteiger partial charge in [-0.1, -0.05) is 0 Å². The third-order valence-corrected chi connectivity index (χ3v) is 3.54. The summed E-state index contributed by atoms with van der Waals surface area (Å²) in [6.45, 7) is 2.78. The molecule has 1 amide bonds. The van der Waals surface area contributed by atoms with Crippen LogP contribution in [0.4, 0.5) is 0 Å². The number of aliphatic hydroxyl groups excluding tert-OH is 1. The number of ether oxygens (including phenoxy) is 1. The molecule has 0 unspecified atom stereocenters. The van der Waals surface area contributed by atoms with Gasteiger partial charge in [-0.15, -0.1) is 0 Å². The third-order valence-electron chi connectivity index (χ3n) is 3.54. The van der Waals surface area contributed by atoms with Crippen molar-refractivity contribution < 1.29 is 14.6 Å². The summed E-state index contributed by atoms with van der Waals surface area (Å²) in [6, 6.07) is 0. The van der Waals surface area contributed by atoms with Crippen molar-refractivity contribution in [3.63, 3.8) is 0 Å². The zero-order valence-electron chi connectivity index (χ0n) is 9.69. The maximum absolute atomic E-state index is 12.1. The van der Waals surface area contributed by atoms with E-state index in [1.165, 1.54) is 0 Å². The van der Waals surface area contributed by atoms with Crippen molar-refractivity contribution in [3.05, 3.63) is 0 Å². The van der Waals surface area contributed by atoms with Crippen molar-refractivity contribution in [3.8, 4) is 0 Å². The Labute approximate surface area is 95.8 Å². The maximum atomic E-state index is 12.1. The van der Waals surface area contributed by atoms with Gasteiger partial charge in [0.1, 0.15) is 6.10 Å². The summed E-state index contributed by atoms with van der Waals surface area (Å²) in [7, 11) is 1.58. The highest BCUT2D eigenvalue weighted by Crippen LogP contribution is 2.20. The van der Waals surface area contributed by atoms with Crippen LogP contribution in [0.25, 0.3) is 0 Å². The molecule has 0 aromatic heterocycles. The fourth-order valence-electron chi connectivity index (χ4n) is 2.50. The summed E-state index contributed by atoms with van der Waals surface area (Å²) in [5.74, 6) is 0.309. The van der Waals surface area contributed by atoms with Gasteiger partial charge in [-0.2, -0.15) is 0 Å². The third kappa shape index (κ3) is 2.36. The molecule has 16 heavy (non-hydrogen) atoms. The van der Waals surface area contributed by atoms with Crippen LogP contribution in [0.2, 0.25) is 0 Å². The van der Waals surface area contributed by atoms with Crippen LogP contribution in [0.1, 0.15) is 12.8 Å². The van der Waals surface area contributed by atoms with E-state index in [9.17, 15) is 9.90 Å². The van der Waals surface area contributed by atoms with Crippen molar-refractivity contribution in [2.45, 2.75) is 25.0 Å². The number of rotatable bonds is 2. The van der Waals surface area contributed by atoms with Gasteiger partial charge in [-0.3, -0.25) is 4.79 Å². The molecule has 2 saturated heterocycles. The molecular formula is C11H20N2O3. The molecule has 2 rings (SSSR count). The lowest BCUT2D eigenvalue weighted by Gasteiger charge is -2.26. The zero-order chi connectivity index (χ0) is 11.5. The quantitative estimate of drug-likeness (QED) is 0.650. The molecule has 2 aliphatic heterocycles. The van der Waals surface area contributed by atoms with Crippen LogP contribution < -0.4 is 5.32 Å². The average molecular weight is 228 g/mol. The summed E-state index contributed by atoms with van der Waals surface area (Å²) in [5, 5.41) is 12.9. The van der Waals surface area contributed by atoms with Crippen molar-refractivity contribution in [2.75, 3.05) is 33.3 Å². The van der Waals surface area contributed by atoms with Crippen LogP contribution in [0, 0.1) is 5.92 Å². The fraction of sp³-hybridized carbons (Fsp3) is 0.909. The highest BCUT2D eigenvalue weighted by molar-refractivity contribution is 5.79. The molecule has 0 aromatic rings. The molecule has 0 radical (unpaired) electrons. The Bertz CT molecular complexity index is 254. The van der Waals surface area contributed by atoms with Gasteiger partial charge < -0.3 is 20.1 Å². The lowest BCUT2D eigenvalue weighted by molar-refractivity contribution is -0.135. The average Bonchev–Trinajstić information content (AvgIpc) is 2.71. The fourth-order valence-corrected chi connectivity index (χ4v) is 2.50. The second kappa shape index (κ2) is 5.12. The Kier molecular flexibility index (Phi) is 3.78. The van der Waals surface area contributed by atoms with Crippen LogP contribution in [0.5, 0.6) is 0 Å². The van der Waals surface area contributed by atoms with Crippen LogP contribution in [0.15, 0.2) is 0 Å². The highest BCUT2D eigenvalue weighted by Gasteiger charge is 2.36. The minimum absolute atomic E-state index is 0.129. The minimum atomic E-state index is -0.532. The van der Waals surface area contributed by atoms with E-state index in [0.717, 1.165) is 25.9 Å². The van der Waals surface area contributed by atoms with Gasteiger partial charge in [0.25, 0.3) is 0 Å². The summed E-state index contributed by atoms with van der Waals surface area (Å²) < 4.78 is 5.13. The van der Waals surface area contributed by atoms with Crippen molar-refractivity contribution in [1.82, 2.24) is 10.2 Å². The molecule has 0 spiro atoms. The van der Waals surface area contributed by atoms with Crippen LogP contribution in [-0.2, 0) is 9.53 Å². The SMILES string of the molecule is CO[C@@H]1CN(C(=O)C2CCNCC2)C[C@@H]1O. The molecule has 0 aliphatic carbocycles. The molecule has 2 fully saturated rings. The van der Waals surface area contributed by atoms with Crippen molar-refractivity contribution in [2.24, 2.45) is 5.92 Å². The van der Waals surface area contributed by atoms with E-state index in [0.29, 0.717) is 13.1 Å². The Morgan fingerprint density at radius 1 is 1.38 bits per heavy atom. The van der Waals surface area contributed by atoms with Gasteiger partial charge in [-0.25, -0.2) is 0 Å². The Hall–Kier alpha value is -0.650. The number of amides is 1. The van der Waals surface area contributed by atoms with E-state index >= 15 is 0 Å². The second-order valence-electron chi connectivity index (χ2n) is 4.61. The number of carbonyl (C=O) groups excluding carboxylic acids is 1. The van der Waals surface area contributed by atoms with Gasteiger partial charge >= 0.3 is 0 Å². The maximum Gasteiger partial charge on any atom is 0.225 e. The Balaban J connectivity index is 1.90. The largest absolute Gasteiger partial charge is 0.388 e. The van der Waals surface area contributed by atoms with E-state index in [-0.39, 0.29) is 17.9 Å². The molecule has 2 N–H and O–H groups in total. The van der Waals surface area contributed by atoms with Crippen LogP contribution in [0.3, 0.4) is 0 Å². The van der Waals surface area contributed by atoms with E-state index in [2.05, 4.69) is 5.32 Å². The smallest absolute Gasteiger partial charge is 0.225 e. The number of carbonyl (C=O) groups is 1. The van der Waals surface area contributed by atoms with Gasteiger partial charge in [0.2, 0.25) is 5.91 Å². The number of nitrogens with one attached hydrogen (secondary N) is 1. The first kappa shape index (κ1) is 11.8. The number of hydrogen-bond donors (Lipinski definition) is 2. The molecular weight excluding hydrogens is 208 g/mol. The lowest BCUT2D eigenvalue weighted by Crippen LogP contribution is -2.40. The Morgan fingerprint density at radius 3 is 2.62 bits per heavy atom. The zero-order valence-corrected chi connectivity index (χ0v) is 9.69. The lowest BCUT2D eigenvalue weighted by atomic mass is 9.97. The van der Waals surface area contributed by atoms with Crippen LogP contribution in [-0.4, -0.2) is 61.4 Å². The van der Waals surface area contributed by atoms with Crippen molar-refractivity contribution >= 4 is 5.91 Å². The summed E-state index contributed by atoms with van der Waals surface area (Å²) in [5.41, 5.74) is 0. The normalized spacial score (nSPS) is 32.0. The molecule has 5 nitrogen and oxygen atoms in total. The molecule has 2 atom stereocenters. The molecule has 92 valence electrons. The molecule has 5 heteroatoms. The van der Waals surface area contributed by atoms with E-state index in [1.54, 1.807) is 12.0 Å². The van der Waals surface area contributed by atoms with Gasteiger partial charge in [0, 0.05) is 26.1 Å². The predicted molar refractivity (Wildman–Crippen MR) is 59.0 cm³/mol. The molecule has 2 heterocycles. The van der Waals surface area contributed by atoms with Gasteiger partial charge in [-0.05, 0) is 25.9 Å². The number of piperidine rings is 1. The first-order valence-electron chi connectivity index (χ1n) is 5.92. The number of nitrogens with zero attached hydrogens (tertiary/aromatic N) is 1. The molecule has 0 saturated carbocycles. The monoisotopic (exact) mass is 228 g/mol. The first-order chi connectivity index (χ1) is 7.72. The number of β-amino-alcohol motifs (C(OH)–C–C–N with tert-alkyl or cyclic N) is 1. The number of hydrogen-bond acceptors (Lipinski definition) is 4. The van der Waals surface area contributed by atoms with Crippen molar-refractivity contribution in [1.29, 1.82) is 0 Å². The summed E-state index contributed by atoms with van der Waals surface area (Å²) in [6.07, 6.45) is 1.06. The van der Waals surface area contributed by atoms with E-state index in [4.69, 9.17) is 4.74 Å². The number of aliphatic hydroxyl groups is 1. The number of methoxy groups -OCH3 is 1. The van der Waals surface area contributed by atoms with Gasteiger partial charge in [0.15, 0.2) is 0 Å². The van der Waals surface area contributed by atoms with E-state index < -0.39 is 6.10 Å². The molecule has 2 aliphatic rings. The van der Waals surface area contributed by atoms with Crippen LogP contribution >= 0.6 is 0 Å². The van der Waals surface area contributed by atoms with Gasteiger partial charge in [0.05, 0.1) is 6.10 Å².